The SMILES string of the molecule is COc1ccc(Cc2ccccc2C)cc1C(N)=O. The summed E-state index contributed by atoms with van der Waals surface area (Å²) in [7, 11) is 1.53. The van der Waals surface area contributed by atoms with Gasteiger partial charge in [-0.1, -0.05) is 30.3 Å². The van der Waals surface area contributed by atoms with Gasteiger partial charge in [0.15, 0.2) is 0 Å². The number of ether oxygens (including phenoxy) is 1. The molecule has 0 aliphatic carbocycles. The van der Waals surface area contributed by atoms with Crippen LogP contribution in [-0.4, -0.2) is 13.0 Å². The van der Waals surface area contributed by atoms with Gasteiger partial charge in [0.25, 0.3) is 5.91 Å². The second kappa shape index (κ2) is 5.57. The summed E-state index contributed by atoms with van der Waals surface area (Å²) in [6.45, 7) is 2.08. The molecular weight excluding hydrogens is 238 g/mol. The van der Waals surface area contributed by atoms with Crippen LogP contribution in [0.15, 0.2) is 42.5 Å². The van der Waals surface area contributed by atoms with E-state index >= 15 is 0 Å². The Labute approximate surface area is 113 Å². The Hall–Kier alpha value is -2.29. The van der Waals surface area contributed by atoms with Gasteiger partial charge >= 0.3 is 0 Å². The van der Waals surface area contributed by atoms with Crippen LogP contribution < -0.4 is 10.5 Å². The minimum absolute atomic E-state index is 0.425. The third-order valence-electron chi connectivity index (χ3n) is 3.19. The van der Waals surface area contributed by atoms with Crippen LogP contribution in [0.4, 0.5) is 0 Å². The third-order valence-corrected chi connectivity index (χ3v) is 3.19. The van der Waals surface area contributed by atoms with Crippen molar-refractivity contribution in [2.75, 3.05) is 7.11 Å². The summed E-state index contributed by atoms with van der Waals surface area (Å²) < 4.78 is 5.13. The van der Waals surface area contributed by atoms with E-state index in [2.05, 4.69) is 19.1 Å². The van der Waals surface area contributed by atoms with Crippen LogP contribution >= 0.6 is 0 Å². The number of benzene rings is 2. The highest BCUT2D eigenvalue weighted by Crippen LogP contribution is 2.22. The number of methoxy groups -OCH3 is 1. The smallest absolute Gasteiger partial charge is 0.252 e. The largest absolute Gasteiger partial charge is 0.496 e. The first-order valence-corrected chi connectivity index (χ1v) is 6.13. The summed E-state index contributed by atoms with van der Waals surface area (Å²) in [4.78, 5) is 11.4. The van der Waals surface area contributed by atoms with Gasteiger partial charge in [0.2, 0.25) is 0 Å². The molecule has 0 saturated carbocycles. The fourth-order valence-electron chi connectivity index (χ4n) is 2.09. The molecule has 0 radical (unpaired) electrons. The fourth-order valence-corrected chi connectivity index (χ4v) is 2.09. The molecule has 2 N–H and O–H groups in total. The quantitative estimate of drug-likeness (QED) is 0.913. The second-order valence-corrected chi connectivity index (χ2v) is 4.50. The Kier molecular flexibility index (Phi) is 3.85. The topological polar surface area (TPSA) is 52.3 Å². The second-order valence-electron chi connectivity index (χ2n) is 4.50. The lowest BCUT2D eigenvalue weighted by atomic mass is 9.99. The van der Waals surface area contributed by atoms with Gasteiger partial charge in [-0.3, -0.25) is 4.79 Å². The molecule has 0 aliphatic rings. The molecule has 0 unspecified atom stereocenters. The number of carbonyl (C=O) groups is 1. The normalized spacial score (nSPS) is 10.2. The van der Waals surface area contributed by atoms with Crippen LogP contribution in [-0.2, 0) is 6.42 Å². The zero-order valence-corrected chi connectivity index (χ0v) is 11.1. The molecule has 0 spiro atoms. The third kappa shape index (κ3) is 2.94. The Bertz CT molecular complexity index is 605. The van der Waals surface area contributed by atoms with Gasteiger partial charge in [-0.15, -0.1) is 0 Å². The number of hydrogen-bond acceptors (Lipinski definition) is 2. The highest BCUT2D eigenvalue weighted by Gasteiger charge is 2.10. The van der Waals surface area contributed by atoms with Crippen molar-refractivity contribution in [3.05, 3.63) is 64.7 Å². The molecule has 3 heteroatoms. The van der Waals surface area contributed by atoms with Crippen molar-refractivity contribution in [1.82, 2.24) is 0 Å². The van der Waals surface area contributed by atoms with Crippen molar-refractivity contribution >= 4 is 5.91 Å². The maximum atomic E-state index is 11.4. The van der Waals surface area contributed by atoms with Crippen LogP contribution in [0.1, 0.15) is 27.0 Å². The maximum absolute atomic E-state index is 11.4. The number of aryl methyl sites for hydroxylation is 1. The van der Waals surface area contributed by atoms with Crippen molar-refractivity contribution in [2.24, 2.45) is 5.73 Å². The zero-order chi connectivity index (χ0) is 13.8. The van der Waals surface area contributed by atoms with E-state index in [1.807, 2.05) is 18.2 Å². The number of rotatable bonds is 4. The molecule has 3 nitrogen and oxygen atoms in total. The highest BCUT2D eigenvalue weighted by molar-refractivity contribution is 5.95. The molecule has 0 saturated heterocycles. The summed E-state index contributed by atoms with van der Waals surface area (Å²) in [5.74, 6) is 0.0458. The van der Waals surface area contributed by atoms with E-state index in [1.54, 1.807) is 12.1 Å². The Balaban J connectivity index is 2.34. The van der Waals surface area contributed by atoms with Crippen LogP contribution in [0.25, 0.3) is 0 Å². The van der Waals surface area contributed by atoms with Gasteiger partial charge < -0.3 is 10.5 Å². The predicted octanol–water partition coefficient (Wildman–Crippen LogP) is 2.69. The first-order valence-electron chi connectivity index (χ1n) is 6.13. The molecule has 0 heterocycles. The Morgan fingerprint density at radius 3 is 2.58 bits per heavy atom. The van der Waals surface area contributed by atoms with Crippen LogP contribution in [0.5, 0.6) is 5.75 Å². The fraction of sp³-hybridized carbons (Fsp3) is 0.188. The van der Waals surface area contributed by atoms with Crippen LogP contribution in [0, 0.1) is 6.92 Å². The molecule has 19 heavy (non-hydrogen) atoms. The van der Waals surface area contributed by atoms with Gasteiger partial charge in [0, 0.05) is 0 Å². The van der Waals surface area contributed by atoms with Crippen molar-refractivity contribution in [3.63, 3.8) is 0 Å². The van der Waals surface area contributed by atoms with Crippen molar-refractivity contribution < 1.29 is 9.53 Å². The molecule has 0 aromatic heterocycles. The monoisotopic (exact) mass is 255 g/mol. The number of primary amides is 1. The Morgan fingerprint density at radius 2 is 1.95 bits per heavy atom. The van der Waals surface area contributed by atoms with Crippen LogP contribution in [0.2, 0.25) is 0 Å². The van der Waals surface area contributed by atoms with Crippen LogP contribution in [0.3, 0.4) is 0 Å². The van der Waals surface area contributed by atoms with Gasteiger partial charge in [0.05, 0.1) is 12.7 Å². The maximum Gasteiger partial charge on any atom is 0.252 e. The minimum atomic E-state index is -0.469. The highest BCUT2D eigenvalue weighted by atomic mass is 16.5. The van der Waals surface area contributed by atoms with E-state index in [9.17, 15) is 4.79 Å². The standard InChI is InChI=1S/C16H17NO2/c1-11-5-3-4-6-13(11)9-12-7-8-15(19-2)14(10-12)16(17)18/h3-8,10H,9H2,1-2H3,(H2,17,18). The number of hydrogen-bond donors (Lipinski definition) is 1. The predicted molar refractivity (Wildman–Crippen MR) is 75.5 cm³/mol. The molecule has 1 amide bonds. The van der Waals surface area contributed by atoms with E-state index in [1.165, 1.54) is 18.2 Å². The first-order chi connectivity index (χ1) is 9.11. The molecule has 2 aromatic carbocycles. The van der Waals surface area contributed by atoms with Gasteiger partial charge in [0.1, 0.15) is 5.75 Å². The molecular formula is C16H17NO2. The minimum Gasteiger partial charge on any atom is -0.496 e. The van der Waals surface area contributed by atoms with Gasteiger partial charge in [-0.2, -0.15) is 0 Å². The number of nitrogens with two attached hydrogens (primary N) is 1. The lowest BCUT2D eigenvalue weighted by molar-refractivity contribution is 0.0997. The molecule has 98 valence electrons. The lowest BCUT2D eigenvalue weighted by Gasteiger charge is -2.09. The molecule has 0 bridgehead atoms. The number of carbonyl (C=O) groups excluding carboxylic acids is 1. The van der Waals surface area contributed by atoms with Gasteiger partial charge in [-0.25, -0.2) is 0 Å². The van der Waals surface area contributed by atoms with Gasteiger partial charge in [-0.05, 0) is 42.2 Å². The molecule has 0 fully saturated rings. The van der Waals surface area contributed by atoms with E-state index in [0.29, 0.717) is 11.3 Å². The number of amides is 1. The molecule has 0 aliphatic heterocycles. The van der Waals surface area contributed by atoms with E-state index in [4.69, 9.17) is 10.5 Å². The summed E-state index contributed by atoms with van der Waals surface area (Å²) in [6.07, 6.45) is 0.775. The lowest BCUT2D eigenvalue weighted by Crippen LogP contribution is -2.13. The van der Waals surface area contributed by atoms with E-state index < -0.39 is 5.91 Å². The summed E-state index contributed by atoms with van der Waals surface area (Å²) in [5.41, 5.74) is 9.31. The Morgan fingerprint density at radius 1 is 1.21 bits per heavy atom. The average Bonchev–Trinajstić information content (AvgIpc) is 2.41. The zero-order valence-electron chi connectivity index (χ0n) is 11.1. The van der Waals surface area contributed by atoms with Crippen molar-refractivity contribution in [2.45, 2.75) is 13.3 Å². The average molecular weight is 255 g/mol. The molecule has 2 rings (SSSR count). The molecule has 0 atom stereocenters. The molecule has 2 aromatic rings. The van der Waals surface area contributed by atoms with Crippen molar-refractivity contribution in [1.29, 1.82) is 0 Å². The first kappa shape index (κ1) is 13.1. The summed E-state index contributed by atoms with van der Waals surface area (Å²) in [5, 5.41) is 0. The summed E-state index contributed by atoms with van der Waals surface area (Å²) >= 11 is 0. The summed E-state index contributed by atoms with van der Waals surface area (Å²) in [6, 6.07) is 13.7. The van der Waals surface area contributed by atoms with E-state index in [0.717, 1.165) is 12.0 Å². The van der Waals surface area contributed by atoms with Crippen molar-refractivity contribution in [3.8, 4) is 5.75 Å². The van der Waals surface area contributed by atoms with E-state index in [-0.39, 0.29) is 0 Å².